The van der Waals surface area contributed by atoms with E-state index in [0.29, 0.717) is 31.8 Å². The van der Waals surface area contributed by atoms with Gasteiger partial charge >= 0.3 is 0 Å². The number of carbonyl (C=O) groups excluding carboxylic acids is 2. The first-order chi connectivity index (χ1) is 17.4. The Morgan fingerprint density at radius 3 is 2.64 bits per heavy atom. The van der Waals surface area contributed by atoms with Crippen molar-refractivity contribution in [2.75, 3.05) is 26.8 Å². The van der Waals surface area contributed by atoms with Crippen molar-refractivity contribution in [2.24, 2.45) is 11.3 Å². The topological polar surface area (TPSA) is 60.8 Å². The number of aldehydes is 1. The number of hydrogen-bond donors (Lipinski definition) is 0. The molecule has 2 aromatic rings. The van der Waals surface area contributed by atoms with Gasteiger partial charge in [0, 0.05) is 49.1 Å². The highest BCUT2D eigenvalue weighted by Gasteiger charge is 2.64. The fourth-order valence-corrected chi connectivity index (χ4v) is 6.67. The van der Waals surface area contributed by atoms with E-state index in [4.69, 9.17) is 9.47 Å². The molecular weight excluding hydrogens is 452 g/mol. The second kappa shape index (κ2) is 9.64. The summed E-state index contributed by atoms with van der Waals surface area (Å²) in [6, 6.07) is 5.99. The van der Waals surface area contributed by atoms with Crippen LogP contribution >= 0.6 is 0 Å². The molecule has 5 rings (SSSR count). The second-order valence-corrected chi connectivity index (χ2v) is 10.8. The predicted molar refractivity (Wildman–Crippen MR) is 142 cm³/mol. The van der Waals surface area contributed by atoms with Gasteiger partial charge in [-0.3, -0.25) is 9.59 Å². The van der Waals surface area contributed by atoms with Crippen molar-refractivity contribution >= 4 is 28.7 Å². The molecule has 0 spiro atoms. The van der Waals surface area contributed by atoms with Crippen LogP contribution in [0.15, 0.2) is 35.9 Å². The number of methoxy groups -OCH3 is 1. The van der Waals surface area contributed by atoms with Gasteiger partial charge in [0.25, 0.3) is 0 Å². The quantitative estimate of drug-likeness (QED) is 0.533. The molecule has 4 atom stereocenters. The maximum absolute atomic E-state index is 14.3. The van der Waals surface area contributed by atoms with Crippen molar-refractivity contribution in [1.82, 2.24) is 9.47 Å². The van der Waals surface area contributed by atoms with Crippen LogP contribution < -0.4 is 0 Å². The minimum Gasteiger partial charge on any atom is -0.381 e. The summed E-state index contributed by atoms with van der Waals surface area (Å²) in [5.74, 6) is 0.380. The lowest BCUT2D eigenvalue weighted by Gasteiger charge is -2.37. The van der Waals surface area contributed by atoms with Crippen molar-refractivity contribution < 1.29 is 19.1 Å². The molecule has 36 heavy (non-hydrogen) atoms. The van der Waals surface area contributed by atoms with Crippen LogP contribution in [0.5, 0.6) is 0 Å². The zero-order valence-corrected chi connectivity index (χ0v) is 22.2. The van der Waals surface area contributed by atoms with Crippen molar-refractivity contribution in [1.29, 1.82) is 0 Å². The van der Waals surface area contributed by atoms with Crippen LogP contribution in [0, 0.1) is 11.3 Å². The Bertz CT molecular complexity index is 1250. The predicted octanol–water partition coefficient (Wildman–Crippen LogP) is 5.04. The third-order valence-corrected chi connectivity index (χ3v) is 8.18. The third-order valence-electron chi connectivity index (χ3n) is 8.18. The zero-order chi connectivity index (χ0) is 25.6. The Morgan fingerprint density at radius 1 is 1.25 bits per heavy atom. The Hall–Kier alpha value is -2.70. The normalized spacial score (nSPS) is 29.8. The van der Waals surface area contributed by atoms with Gasteiger partial charge in [-0.1, -0.05) is 37.6 Å². The molecule has 0 N–H and O–H groups in total. The minimum absolute atomic E-state index is 0.0287. The number of aryl methyl sites for hydroxylation is 1. The first kappa shape index (κ1) is 25.0. The molecule has 2 aliphatic heterocycles. The van der Waals surface area contributed by atoms with Gasteiger partial charge in [0.05, 0.1) is 29.9 Å². The molecule has 6 nitrogen and oxygen atoms in total. The lowest BCUT2D eigenvalue weighted by Crippen LogP contribution is -2.51. The van der Waals surface area contributed by atoms with E-state index in [1.807, 2.05) is 30.9 Å². The molecule has 1 saturated heterocycles. The number of rotatable bonds is 6. The van der Waals surface area contributed by atoms with Crippen LogP contribution in [0.1, 0.15) is 62.2 Å². The van der Waals surface area contributed by atoms with E-state index in [1.54, 1.807) is 7.11 Å². The van der Waals surface area contributed by atoms with E-state index >= 15 is 0 Å². The maximum Gasteiger partial charge on any atom is 0.231 e. The van der Waals surface area contributed by atoms with E-state index in [9.17, 15) is 9.59 Å². The summed E-state index contributed by atoms with van der Waals surface area (Å²) in [6.07, 6.45) is 8.14. The molecule has 2 unspecified atom stereocenters. The number of hydrogen-bond acceptors (Lipinski definition) is 4. The van der Waals surface area contributed by atoms with Gasteiger partial charge in [-0.05, 0) is 56.4 Å². The number of aromatic nitrogens is 1. The van der Waals surface area contributed by atoms with Gasteiger partial charge in [0.1, 0.15) is 6.29 Å². The number of nitrogens with zero attached hydrogens (tertiary/aromatic N) is 2. The van der Waals surface area contributed by atoms with E-state index in [-0.39, 0.29) is 24.0 Å². The van der Waals surface area contributed by atoms with Crippen LogP contribution in [-0.4, -0.2) is 60.7 Å². The minimum atomic E-state index is -0.498. The highest BCUT2D eigenvalue weighted by molar-refractivity contribution is 5.98. The lowest BCUT2D eigenvalue weighted by atomic mass is 9.90. The smallest absolute Gasteiger partial charge is 0.231 e. The average Bonchev–Trinajstić information content (AvgIpc) is 3.53. The fraction of sp³-hybridized carbons (Fsp3) is 0.533. The van der Waals surface area contributed by atoms with E-state index < -0.39 is 5.41 Å². The molecular formula is C30H38N2O4. The maximum atomic E-state index is 14.3. The summed E-state index contributed by atoms with van der Waals surface area (Å²) in [4.78, 5) is 28.0. The Balaban J connectivity index is 1.72. The first-order valence-electron chi connectivity index (χ1n) is 13.3. The molecule has 3 aliphatic rings. The molecule has 1 aromatic carbocycles. The monoisotopic (exact) mass is 490 g/mol. The van der Waals surface area contributed by atoms with Gasteiger partial charge in [-0.2, -0.15) is 0 Å². The number of morpholine rings is 1. The van der Waals surface area contributed by atoms with Gasteiger partial charge in [0.15, 0.2) is 0 Å². The summed E-state index contributed by atoms with van der Waals surface area (Å²) < 4.78 is 13.8. The molecule has 1 aromatic heterocycles. The second-order valence-electron chi connectivity index (χ2n) is 10.8. The number of benzene rings is 1. The summed E-state index contributed by atoms with van der Waals surface area (Å²) in [5.41, 5.74) is 6.13. The molecule has 2 fully saturated rings. The van der Waals surface area contributed by atoms with Crippen molar-refractivity contribution in [3.8, 4) is 0 Å². The van der Waals surface area contributed by atoms with Crippen molar-refractivity contribution in [2.45, 2.75) is 65.7 Å². The van der Waals surface area contributed by atoms with Crippen LogP contribution in [0.25, 0.3) is 16.5 Å². The van der Waals surface area contributed by atoms with Crippen LogP contribution in [0.2, 0.25) is 0 Å². The Kier molecular flexibility index (Phi) is 6.69. The van der Waals surface area contributed by atoms with Crippen molar-refractivity contribution in [3.05, 3.63) is 52.7 Å². The molecule has 3 heterocycles. The number of carbonyl (C=O) groups is 2. The first-order valence-corrected chi connectivity index (χ1v) is 13.3. The molecule has 1 aliphatic carbocycles. The summed E-state index contributed by atoms with van der Waals surface area (Å²) in [7, 11) is 1.71. The molecule has 192 valence electrons. The number of allylic oxidation sites excluding steroid dienone is 3. The summed E-state index contributed by atoms with van der Waals surface area (Å²) in [6.45, 7) is 10.8. The average molecular weight is 491 g/mol. The molecule has 0 bridgehead atoms. The lowest BCUT2D eigenvalue weighted by molar-refractivity contribution is -0.149. The zero-order valence-electron chi connectivity index (χ0n) is 22.2. The van der Waals surface area contributed by atoms with Crippen molar-refractivity contribution in [3.63, 3.8) is 0 Å². The number of fused-ring (bicyclic) bond motifs is 4. The molecule has 0 radical (unpaired) electrons. The van der Waals surface area contributed by atoms with Gasteiger partial charge in [-0.25, -0.2) is 0 Å². The standard InChI is InChI=1S/C30H38N2O4/c1-6-8-25-24-10-9-21(17-33)13-27(24)32-18-30(29(34)31-15-19(3)36-20(4)16-31)14-26(30)23(11-12-35-5)22(7-2)28(25)32/h7,9-11,13,17,19-20,26H,6,8,12,14-16,18H2,1-5H3/b22-7+,23-11+/t19-,20+,26?,30?. The summed E-state index contributed by atoms with van der Waals surface area (Å²) in [5, 5.41) is 1.18. The summed E-state index contributed by atoms with van der Waals surface area (Å²) >= 11 is 0. The number of ether oxygens (including phenoxy) is 2. The third kappa shape index (κ3) is 3.95. The van der Waals surface area contributed by atoms with Crippen LogP contribution in [0.3, 0.4) is 0 Å². The molecule has 6 heteroatoms. The van der Waals surface area contributed by atoms with Crippen LogP contribution in [-0.2, 0) is 27.2 Å². The van der Waals surface area contributed by atoms with E-state index in [2.05, 4.69) is 36.6 Å². The van der Waals surface area contributed by atoms with Gasteiger partial charge < -0.3 is 18.9 Å². The van der Waals surface area contributed by atoms with Crippen LogP contribution in [0.4, 0.5) is 0 Å². The SMILES string of the molecule is C/C=C1\C(=C/COC)C2CC2(C(=O)N2C[C@@H](C)O[C@@H](C)C2)Cn2c1c(CCC)c1ccc(C=O)cc12. The van der Waals surface area contributed by atoms with Gasteiger partial charge in [-0.15, -0.1) is 0 Å². The molecule has 1 amide bonds. The van der Waals surface area contributed by atoms with Gasteiger partial charge in [0.2, 0.25) is 5.91 Å². The fourth-order valence-electron chi connectivity index (χ4n) is 6.67. The largest absolute Gasteiger partial charge is 0.381 e. The highest BCUT2D eigenvalue weighted by atomic mass is 16.5. The van der Waals surface area contributed by atoms with E-state index in [1.165, 1.54) is 27.8 Å². The Labute approximate surface area is 213 Å². The Morgan fingerprint density at radius 2 is 2.00 bits per heavy atom. The molecule has 1 saturated carbocycles. The van der Waals surface area contributed by atoms with E-state index in [0.717, 1.165) is 31.1 Å². The highest BCUT2D eigenvalue weighted by Crippen LogP contribution is 2.64. The number of amides is 1.